The van der Waals surface area contributed by atoms with Crippen LogP contribution < -0.4 is 4.90 Å². The van der Waals surface area contributed by atoms with E-state index in [1.807, 2.05) is 71.9 Å². The van der Waals surface area contributed by atoms with Gasteiger partial charge in [0.1, 0.15) is 4.91 Å². The van der Waals surface area contributed by atoms with Gasteiger partial charge >= 0.3 is 0 Å². The van der Waals surface area contributed by atoms with Crippen LogP contribution in [0.4, 0.5) is 5.69 Å². The summed E-state index contributed by atoms with van der Waals surface area (Å²) in [6, 6.07) is 26.7. The highest BCUT2D eigenvalue weighted by atomic mass is 32.2. The summed E-state index contributed by atoms with van der Waals surface area (Å²) in [4.78, 5) is 14.4. The molecule has 5 heteroatoms. The second-order valence-electron chi connectivity index (χ2n) is 6.24. The fraction of sp³-hybridized carbons (Fsp3) is 0.250. The van der Waals surface area contributed by atoms with Crippen LogP contribution >= 0.6 is 0 Å². The number of carbonyl (C=O) groups is 1. The Morgan fingerprint density at radius 2 is 1.09 bits per heavy atom. The SMILES string of the molecule is CC.CC.CC.O=C1/C(=C\c2ccccc2)S(=O)(=O)C(c2ccccc2)N1c1ccccc1. The molecule has 4 nitrogen and oxygen atoms in total. The van der Waals surface area contributed by atoms with Crippen molar-refractivity contribution < 1.29 is 13.2 Å². The number of benzene rings is 3. The highest BCUT2D eigenvalue weighted by molar-refractivity contribution is 7.97. The Morgan fingerprint density at radius 3 is 1.58 bits per heavy atom. The van der Waals surface area contributed by atoms with Gasteiger partial charge in [-0.15, -0.1) is 0 Å². The van der Waals surface area contributed by atoms with Crippen LogP contribution in [0.1, 0.15) is 58.0 Å². The van der Waals surface area contributed by atoms with Crippen LogP contribution in [0.15, 0.2) is 95.9 Å². The standard InChI is InChI=1S/C22H17NO3S.3C2H6/c24-21-20(16-17-10-4-1-5-11-17)27(25,26)22(18-12-6-2-7-13-18)23(21)19-14-8-3-9-15-19;3*1-2/h1-16,22H;3*1-2H3/b20-16+;;;. The second kappa shape index (κ2) is 14.1. The first-order valence-electron chi connectivity index (χ1n) is 11.5. The van der Waals surface area contributed by atoms with E-state index in [9.17, 15) is 13.2 Å². The smallest absolute Gasteiger partial charge is 0.271 e. The average Bonchev–Trinajstić information content (AvgIpc) is 3.09. The summed E-state index contributed by atoms with van der Waals surface area (Å²) >= 11 is 0. The molecule has 1 atom stereocenters. The maximum Gasteiger partial charge on any atom is 0.271 e. The summed E-state index contributed by atoms with van der Waals surface area (Å²) < 4.78 is 26.7. The molecule has 1 amide bonds. The summed E-state index contributed by atoms with van der Waals surface area (Å²) in [5.41, 5.74) is 1.79. The van der Waals surface area contributed by atoms with Crippen molar-refractivity contribution in [3.8, 4) is 0 Å². The minimum absolute atomic E-state index is 0.189. The Hall–Kier alpha value is -3.18. The van der Waals surface area contributed by atoms with Crippen molar-refractivity contribution in [1.29, 1.82) is 0 Å². The number of anilines is 1. The van der Waals surface area contributed by atoms with Crippen LogP contribution in [0.5, 0.6) is 0 Å². The van der Waals surface area contributed by atoms with Gasteiger partial charge in [0, 0.05) is 5.69 Å². The second-order valence-corrected chi connectivity index (χ2v) is 8.21. The molecular formula is C28H35NO3S. The number of sulfone groups is 1. The Kier molecular flexibility index (Phi) is 11.9. The van der Waals surface area contributed by atoms with Gasteiger partial charge in [0.25, 0.3) is 5.91 Å². The minimum Gasteiger partial charge on any atom is -0.286 e. The third kappa shape index (κ3) is 6.42. The number of amides is 1. The topological polar surface area (TPSA) is 54.5 Å². The summed E-state index contributed by atoms with van der Waals surface area (Å²) in [5, 5.41) is -1.08. The fourth-order valence-corrected chi connectivity index (χ4v) is 5.13. The van der Waals surface area contributed by atoms with Gasteiger partial charge in [-0.2, -0.15) is 0 Å². The van der Waals surface area contributed by atoms with Crippen LogP contribution in [0.3, 0.4) is 0 Å². The highest BCUT2D eigenvalue weighted by Crippen LogP contribution is 2.43. The Morgan fingerprint density at radius 1 is 0.667 bits per heavy atom. The molecule has 3 aromatic rings. The zero-order valence-electron chi connectivity index (χ0n) is 20.4. The lowest BCUT2D eigenvalue weighted by molar-refractivity contribution is -0.114. The van der Waals surface area contributed by atoms with Gasteiger partial charge in [-0.25, -0.2) is 8.42 Å². The first kappa shape index (κ1) is 27.9. The predicted molar refractivity (Wildman–Crippen MR) is 140 cm³/mol. The Labute approximate surface area is 199 Å². The van der Waals surface area contributed by atoms with E-state index in [-0.39, 0.29) is 4.91 Å². The lowest BCUT2D eigenvalue weighted by Crippen LogP contribution is -2.28. The van der Waals surface area contributed by atoms with E-state index >= 15 is 0 Å². The number of hydrogen-bond donors (Lipinski definition) is 0. The lowest BCUT2D eigenvalue weighted by atomic mass is 10.1. The van der Waals surface area contributed by atoms with E-state index < -0.39 is 21.1 Å². The first-order chi connectivity index (χ1) is 16.1. The van der Waals surface area contributed by atoms with Crippen molar-refractivity contribution in [1.82, 2.24) is 0 Å². The van der Waals surface area contributed by atoms with Crippen molar-refractivity contribution in [2.45, 2.75) is 46.9 Å². The molecule has 0 N–H and O–H groups in total. The van der Waals surface area contributed by atoms with Gasteiger partial charge in [0.2, 0.25) is 9.84 Å². The van der Waals surface area contributed by atoms with Gasteiger partial charge < -0.3 is 0 Å². The molecule has 0 aromatic heterocycles. The fourth-order valence-electron chi connectivity index (χ4n) is 3.24. The number of carbonyl (C=O) groups excluding carboxylic acids is 1. The first-order valence-corrected chi connectivity index (χ1v) is 13.1. The van der Waals surface area contributed by atoms with Gasteiger partial charge in [0.05, 0.1) is 0 Å². The van der Waals surface area contributed by atoms with Gasteiger partial charge in [0.15, 0.2) is 5.37 Å². The normalized spacial score (nSPS) is 17.0. The monoisotopic (exact) mass is 465 g/mol. The molecule has 1 heterocycles. The molecule has 0 bridgehead atoms. The van der Waals surface area contributed by atoms with Crippen LogP contribution in [0, 0.1) is 0 Å². The van der Waals surface area contributed by atoms with Crippen LogP contribution in [0.25, 0.3) is 6.08 Å². The molecule has 176 valence electrons. The molecule has 1 saturated heterocycles. The van der Waals surface area contributed by atoms with Crippen LogP contribution in [0.2, 0.25) is 0 Å². The predicted octanol–water partition coefficient (Wildman–Crippen LogP) is 7.27. The average molecular weight is 466 g/mol. The molecule has 33 heavy (non-hydrogen) atoms. The largest absolute Gasteiger partial charge is 0.286 e. The molecule has 0 saturated carbocycles. The van der Waals surface area contributed by atoms with E-state index in [4.69, 9.17) is 0 Å². The molecular weight excluding hydrogens is 430 g/mol. The van der Waals surface area contributed by atoms with E-state index in [0.29, 0.717) is 16.8 Å². The molecule has 3 aromatic carbocycles. The van der Waals surface area contributed by atoms with E-state index in [1.165, 1.54) is 11.0 Å². The van der Waals surface area contributed by atoms with Crippen LogP contribution in [-0.2, 0) is 14.6 Å². The van der Waals surface area contributed by atoms with Crippen molar-refractivity contribution in [2.75, 3.05) is 4.90 Å². The lowest BCUT2D eigenvalue weighted by Gasteiger charge is -2.23. The third-order valence-corrected chi connectivity index (χ3v) is 6.46. The molecule has 0 radical (unpaired) electrons. The van der Waals surface area contributed by atoms with Crippen molar-refractivity contribution in [2.24, 2.45) is 0 Å². The highest BCUT2D eigenvalue weighted by Gasteiger charge is 2.50. The zero-order chi connectivity index (χ0) is 24.9. The van der Waals surface area contributed by atoms with Gasteiger partial charge in [-0.3, -0.25) is 9.69 Å². The molecule has 1 fully saturated rings. The van der Waals surface area contributed by atoms with E-state index in [2.05, 4.69) is 0 Å². The summed E-state index contributed by atoms with van der Waals surface area (Å²) in [7, 11) is -3.89. The van der Waals surface area contributed by atoms with Gasteiger partial charge in [-0.1, -0.05) is 120 Å². The quantitative estimate of drug-likeness (QED) is 0.382. The maximum absolute atomic E-state index is 13.4. The van der Waals surface area contributed by atoms with Gasteiger partial charge in [-0.05, 0) is 29.3 Å². The number of hydrogen-bond acceptors (Lipinski definition) is 3. The zero-order valence-corrected chi connectivity index (χ0v) is 21.2. The summed E-state index contributed by atoms with van der Waals surface area (Å²) in [6.07, 6.45) is 1.45. The van der Waals surface area contributed by atoms with Crippen molar-refractivity contribution in [3.05, 3.63) is 107 Å². The molecule has 4 rings (SSSR count). The minimum atomic E-state index is -3.89. The van der Waals surface area contributed by atoms with E-state index in [1.54, 1.807) is 60.7 Å². The number of rotatable bonds is 3. The Balaban J connectivity index is 0.000000841. The maximum atomic E-state index is 13.4. The number of para-hydroxylation sites is 1. The Bertz CT molecular complexity index is 1090. The van der Waals surface area contributed by atoms with Crippen LogP contribution in [-0.4, -0.2) is 14.3 Å². The molecule has 1 unspecified atom stereocenters. The molecule has 0 spiro atoms. The van der Waals surface area contributed by atoms with Crippen molar-refractivity contribution in [3.63, 3.8) is 0 Å². The molecule has 1 aliphatic heterocycles. The van der Waals surface area contributed by atoms with Crippen molar-refractivity contribution >= 4 is 27.5 Å². The van der Waals surface area contributed by atoms with E-state index in [0.717, 1.165) is 0 Å². The molecule has 1 aliphatic rings. The summed E-state index contributed by atoms with van der Waals surface area (Å²) in [6.45, 7) is 12.0. The summed E-state index contributed by atoms with van der Waals surface area (Å²) in [5.74, 6) is -0.515. The third-order valence-electron chi connectivity index (χ3n) is 4.48. The number of nitrogens with zero attached hydrogens (tertiary/aromatic N) is 1. The molecule has 0 aliphatic carbocycles.